The Kier molecular flexibility index (Phi) is 5.66. The van der Waals surface area contributed by atoms with Gasteiger partial charge in [0.25, 0.3) is 0 Å². The highest BCUT2D eigenvalue weighted by Gasteiger charge is 2.11. The first-order chi connectivity index (χ1) is 14.9. The second-order valence-corrected chi connectivity index (χ2v) is 7.43. The fourth-order valence-corrected chi connectivity index (χ4v) is 3.68. The van der Waals surface area contributed by atoms with E-state index in [1.54, 1.807) is 12.1 Å². The van der Waals surface area contributed by atoms with Crippen LogP contribution in [0.2, 0.25) is 0 Å². The average Bonchev–Trinajstić information content (AvgIpc) is 3.22. The maximum absolute atomic E-state index is 13.4. The van der Waals surface area contributed by atoms with Gasteiger partial charge in [0.15, 0.2) is 0 Å². The van der Waals surface area contributed by atoms with Crippen molar-refractivity contribution in [3.63, 3.8) is 0 Å². The number of amides is 1. The molecule has 4 rings (SSSR count). The van der Waals surface area contributed by atoms with Gasteiger partial charge in [0.1, 0.15) is 11.6 Å². The highest BCUT2D eigenvalue weighted by molar-refractivity contribution is 5.92. The van der Waals surface area contributed by atoms with Gasteiger partial charge in [0.2, 0.25) is 5.91 Å². The Balaban J connectivity index is 1.40. The molecular formula is C24H24FN5O. The van der Waals surface area contributed by atoms with Crippen LogP contribution in [-0.4, -0.2) is 31.8 Å². The van der Waals surface area contributed by atoms with Crippen molar-refractivity contribution in [1.29, 1.82) is 0 Å². The molecule has 0 fully saturated rings. The topological polar surface area (TPSA) is 64.7 Å². The Morgan fingerprint density at radius 2 is 1.94 bits per heavy atom. The third-order valence-corrected chi connectivity index (χ3v) is 5.33. The number of nitrogens with one attached hydrogen (secondary N) is 1. The predicted octanol–water partition coefficient (Wildman–Crippen LogP) is 3.89. The van der Waals surface area contributed by atoms with Crippen molar-refractivity contribution in [1.82, 2.24) is 24.6 Å². The van der Waals surface area contributed by atoms with Gasteiger partial charge < -0.3 is 9.88 Å². The lowest BCUT2D eigenvalue weighted by molar-refractivity contribution is -0.116. The normalized spacial score (nSPS) is 11.5. The number of benzene rings is 2. The number of carbonyl (C=O) groups is 1. The molecule has 2 aromatic carbocycles. The van der Waals surface area contributed by atoms with E-state index in [4.69, 9.17) is 0 Å². The number of fused-ring (bicyclic) bond motifs is 1. The van der Waals surface area contributed by atoms with Gasteiger partial charge in [-0.1, -0.05) is 18.2 Å². The number of nitrogens with zero attached hydrogens (tertiary/aromatic N) is 4. The van der Waals surface area contributed by atoms with Crippen LogP contribution in [0.1, 0.15) is 22.8 Å². The fourth-order valence-electron chi connectivity index (χ4n) is 3.68. The average molecular weight is 417 g/mol. The zero-order valence-corrected chi connectivity index (χ0v) is 17.8. The van der Waals surface area contributed by atoms with E-state index < -0.39 is 0 Å². The second kappa shape index (κ2) is 8.55. The van der Waals surface area contributed by atoms with Gasteiger partial charge in [-0.25, -0.2) is 14.1 Å². The zero-order valence-electron chi connectivity index (χ0n) is 17.8. The molecule has 158 valence electrons. The summed E-state index contributed by atoms with van der Waals surface area (Å²) in [7, 11) is 1.89. The molecule has 0 saturated carbocycles. The molecule has 4 aromatic rings. The smallest absolute Gasteiger partial charge is 0.244 e. The SMILES string of the molecule is Cc1nn(-c2ccccc2)c(C)c1/C=C/C(=O)NCCc1nc2cc(F)ccc2n1C. The summed E-state index contributed by atoms with van der Waals surface area (Å²) in [6.07, 6.45) is 3.87. The highest BCUT2D eigenvalue weighted by Crippen LogP contribution is 2.19. The number of carbonyl (C=O) groups excluding carboxylic acids is 1. The van der Waals surface area contributed by atoms with Crippen LogP contribution in [0.5, 0.6) is 0 Å². The van der Waals surface area contributed by atoms with Crippen LogP contribution in [0.4, 0.5) is 4.39 Å². The van der Waals surface area contributed by atoms with E-state index in [0.29, 0.717) is 18.5 Å². The third kappa shape index (κ3) is 4.26. The molecule has 2 aromatic heterocycles. The highest BCUT2D eigenvalue weighted by atomic mass is 19.1. The van der Waals surface area contributed by atoms with Crippen molar-refractivity contribution in [3.05, 3.63) is 83.2 Å². The summed E-state index contributed by atoms with van der Waals surface area (Å²) in [4.78, 5) is 16.8. The molecule has 0 saturated heterocycles. The molecule has 0 atom stereocenters. The molecule has 0 radical (unpaired) electrons. The number of imidazole rings is 1. The number of rotatable bonds is 6. The van der Waals surface area contributed by atoms with Gasteiger partial charge in [-0.2, -0.15) is 5.10 Å². The maximum Gasteiger partial charge on any atom is 0.244 e. The van der Waals surface area contributed by atoms with Crippen molar-refractivity contribution in [3.8, 4) is 5.69 Å². The first-order valence-corrected chi connectivity index (χ1v) is 10.1. The van der Waals surface area contributed by atoms with Crippen molar-refractivity contribution in [2.24, 2.45) is 7.05 Å². The third-order valence-electron chi connectivity index (χ3n) is 5.33. The Labute approximate surface area is 180 Å². The standard InChI is InChI=1S/C24H24FN5O/c1-16-20(17(2)30(28-16)19-7-5-4-6-8-19)10-12-24(31)26-14-13-23-27-21-15-18(25)9-11-22(21)29(23)3/h4-12,15H,13-14H2,1-3H3,(H,26,31)/b12-10+. The summed E-state index contributed by atoms with van der Waals surface area (Å²) < 4.78 is 17.2. The lowest BCUT2D eigenvalue weighted by Gasteiger charge is -2.04. The van der Waals surface area contributed by atoms with Crippen LogP contribution < -0.4 is 5.32 Å². The molecule has 2 heterocycles. The van der Waals surface area contributed by atoms with Crippen LogP contribution in [-0.2, 0) is 18.3 Å². The molecule has 6 nitrogen and oxygen atoms in total. The number of hydrogen-bond donors (Lipinski definition) is 1. The molecule has 31 heavy (non-hydrogen) atoms. The van der Waals surface area contributed by atoms with E-state index in [1.807, 2.05) is 60.5 Å². The molecule has 0 aliphatic rings. The van der Waals surface area contributed by atoms with E-state index in [0.717, 1.165) is 34.0 Å². The van der Waals surface area contributed by atoms with Crippen molar-refractivity contribution >= 4 is 23.0 Å². The minimum absolute atomic E-state index is 0.184. The molecule has 0 aliphatic carbocycles. The predicted molar refractivity (Wildman–Crippen MR) is 119 cm³/mol. The lowest BCUT2D eigenvalue weighted by atomic mass is 10.2. The summed E-state index contributed by atoms with van der Waals surface area (Å²) in [6.45, 7) is 4.35. The summed E-state index contributed by atoms with van der Waals surface area (Å²) >= 11 is 0. The Morgan fingerprint density at radius 3 is 2.71 bits per heavy atom. The summed E-state index contributed by atoms with van der Waals surface area (Å²) in [5, 5.41) is 7.47. The minimum atomic E-state index is -0.309. The van der Waals surface area contributed by atoms with Gasteiger partial charge in [-0.15, -0.1) is 0 Å². The number of para-hydroxylation sites is 1. The first kappa shape index (κ1) is 20.5. The summed E-state index contributed by atoms with van der Waals surface area (Å²) in [5.74, 6) is 0.300. The number of aromatic nitrogens is 4. The van der Waals surface area contributed by atoms with Crippen molar-refractivity contribution in [2.75, 3.05) is 6.54 Å². The van der Waals surface area contributed by atoms with E-state index in [9.17, 15) is 9.18 Å². The van der Waals surface area contributed by atoms with E-state index in [-0.39, 0.29) is 11.7 Å². The van der Waals surface area contributed by atoms with E-state index in [2.05, 4.69) is 15.4 Å². The molecule has 7 heteroatoms. The number of aryl methyl sites for hydroxylation is 2. The largest absolute Gasteiger partial charge is 0.352 e. The van der Waals surface area contributed by atoms with Gasteiger partial charge in [0, 0.05) is 43.4 Å². The molecule has 0 bridgehead atoms. The Bertz CT molecular complexity index is 1270. The fraction of sp³-hybridized carbons (Fsp3) is 0.208. The molecule has 0 unspecified atom stereocenters. The Morgan fingerprint density at radius 1 is 1.16 bits per heavy atom. The zero-order chi connectivity index (χ0) is 22.0. The lowest BCUT2D eigenvalue weighted by Crippen LogP contribution is -2.24. The first-order valence-electron chi connectivity index (χ1n) is 10.1. The number of hydrogen-bond acceptors (Lipinski definition) is 3. The quantitative estimate of drug-likeness (QED) is 0.484. The minimum Gasteiger partial charge on any atom is -0.352 e. The van der Waals surface area contributed by atoms with Crippen molar-refractivity contribution < 1.29 is 9.18 Å². The van der Waals surface area contributed by atoms with Crippen LogP contribution >= 0.6 is 0 Å². The second-order valence-electron chi connectivity index (χ2n) is 7.43. The van der Waals surface area contributed by atoms with Gasteiger partial charge in [-0.05, 0) is 44.2 Å². The van der Waals surface area contributed by atoms with Crippen LogP contribution in [0.15, 0.2) is 54.6 Å². The van der Waals surface area contributed by atoms with Crippen LogP contribution in [0.25, 0.3) is 22.8 Å². The molecule has 0 spiro atoms. The van der Waals surface area contributed by atoms with E-state index >= 15 is 0 Å². The number of halogens is 1. The molecule has 0 aliphatic heterocycles. The Hall–Kier alpha value is -3.74. The molecule has 1 N–H and O–H groups in total. The summed E-state index contributed by atoms with van der Waals surface area (Å²) in [5.41, 5.74) is 5.22. The maximum atomic E-state index is 13.4. The van der Waals surface area contributed by atoms with Gasteiger partial charge in [0.05, 0.1) is 22.4 Å². The van der Waals surface area contributed by atoms with Gasteiger partial charge in [-0.3, -0.25) is 4.79 Å². The van der Waals surface area contributed by atoms with Crippen LogP contribution in [0, 0.1) is 19.7 Å². The van der Waals surface area contributed by atoms with E-state index in [1.165, 1.54) is 18.2 Å². The van der Waals surface area contributed by atoms with Crippen molar-refractivity contribution in [2.45, 2.75) is 20.3 Å². The molecule has 1 amide bonds. The summed E-state index contributed by atoms with van der Waals surface area (Å²) in [6, 6.07) is 14.4. The molecular weight excluding hydrogens is 393 g/mol. The van der Waals surface area contributed by atoms with Gasteiger partial charge >= 0.3 is 0 Å². The van der Waals surface area contributed by atoms with Crippen LogP contribution in [0.3, 0.4) is 0 Å². The monoisotopic (exact) mass is 417 g/mol.